The Morgan fingerprint density at radius 1 is 1.26 bits per heavy atom. The van der Waals surface area contributed by atoms with Gasteiger partial charge in [0.05, 0.1) is 17.5 Å². The van der Waals surface area contributed by atoms with Crippen LogP contribution in [0.25, 0.3) is 6.08 Å². The predicted molar refractivity (Wildman–Crippen MR) is 118 cm³/mol. The van der Waals surface area contributed by atoms with Crippen molar-refractivity contribution in [2.24, 2.45) is 9.39 Å². The van der Waals surface area contributed by atoms with Crippen LogP contribution in [0.1, 0.15) is 33.3 Å². The summed E-state index contributed by atoms with van der Waals surface area (Å²) in [5, 5.41) is 10.0. The highest BCUT2D eigenvalue weighted by atomic mass is 32.2. The van der Waals surface area contributed by atoms with E-state index in [-0.39, 0.29) is 11.4 Å². The van der Waals surface area contributed by atoms with Gasteiger partial charge in [0.25, 0.3) is 5.91 Å². The summed E-state index contributed by atoms with van der Waals surface area (Å²) >= 11 is 2.71. The molecule has 6 nitrogen and oxygen atoms in total. The van der Waals surface area contributed by atoms with Crippen molar-refractivity contribution < 1.29 is 4.79 Å². The molecular weight excluding hydrogens is 378 g/mol. The molecule has 0 radical (unpaired) electrons. The molecule has 2 heterocycles. The van der Waals surface area contributed by atoms with Crippen LogP contribution < -0.4 is 4.90 Å². The minimum atomic E-state index is -0.391. The highest BCUT2D eigenvalue weighted by molar-refractivity contribution is 8.19. The van der Waals surface area contributed by atoms with Gasteiger partial charge in [-0.1, -0.05) is 37.7 Å². The van der Waals surface area contributed by atoms with Gasteiger partial charge < -0.3 is 4.90 Å². The molecule has 0 bridgehead atoms. The number of amidine groups is 3. The third-order valence-corrected chi connectivity index (χ3v) is 5.94. The fraction of sp³-hybridized carbons (Fsp3) is 0.368. The fourth-order valence-electron chi connectivity index (χ4n) is 2.83. The van der Waals surface area contributed by atoms with Crippen LogP contribution in [0.15, 0.2) is 39.2 Å². The maximum absolute atomic E-state index is 12.4. The highest BCUT2D eigenvalue weighted by Gasteiger charge is 2.37. The first-order valence-corrected chi connectivity index (χ1v) is 10.6. The van der Waals surface area contributed by atoms with Crippen molar-refractivity contribution in [3.63, 3.8) is 0 Å². The van der Waals surface area contributed by atoms with E-state index in [9.17, 15) is 4.79 Å². The number of thioether (sulfide) groups is 1. The van der Waals surface area contributed by atoms with E-state index >= 15 is 0 Å². The average molecular weight is 402 g/mol. The summed E-state index contributed by atoms with van der Waals surface area (Å²) in [6.07, 6.45) is 1.73. The number of amides is 1. The maximum atomic E-state index is 12.4. The van der Waals surface area contributed by atoms with Crippen molar-refractivity contribution >= 4 is 57.6 Å². The Morgan fingerprint density at radius 2 is 1.93 bits per heavy atom. The summed E-state index contributed by atoms with van der Waals surface area (Å²) in [5.74, 6) is -0.257. The first-order chi connectivity index (χ1) is 12.9. The fourth-order valence-corrected chi connectivity index (χ4v) is 4.50. The Bertz CT molecular complexity index is 838. The topological polar surface area (TPSA) is 72.1 Å². The van der Waals surface area contributed by atoms with Crippen molar-refractivity contribution in [2.45, 2.75) is 32.9 Å². The van der Waals surface area contributed by atoms with Gasteiger partial charge in [-0.2, -0.15) is 9.39 Å². The predicted octanol–water partition coefficient (Wildman–Crippen LogP) is 4.25. The molecule has 0 unspecified atom stereocenters. The number of aliphatic imine (C=N–C) groups is 1. The Kier molecular flexibility index (Phi) is 6.06. The van der Waals surface area contributed by atoms with Crippen LogP contribution in [0.2, 0.25) is 0 Å². The summed E-state index contributed by atoms with van der Waals surface area (Å²) in [6.45, 7) is 10.3. The highest BCUT2D eigenvalue weighted by Crippen LogP contribution is 2.33. The Morgan fingerprint density at radius 3 is 2.52 bits per heavy atom. The number of hydrogen-bond donors (Lipinski definition) is 1. The number of anilines is 1. The first-order valence-electron chi connectivity index (χ1n) is 8.95. The molecule has 0 aliphatic carbocycles. The molecule has 0 aromatic heterocycles. The molecular formula is C19H23N5OS2. The quantitative estimate of drug-likeness (QED) is 0.590. The molecule has 0 saturated heterocycles. The molecule has 2 aliphatic rings. The number of fused-ring (bicyclic) bond motifs is 1. The van der Waals surface area contributed by atoms with E-state index in [2.05, 4.69) is 42.0 Å². The third kappa shape index (κ3) is 4.11. The van der Waals surface area contributed by atoms with E-state index in [0.717, 1.165) is 36.3 Å². The number of benzene rings is 1. The molecule has 1 aromatic rings. The van der Waals surface area contributed by atoms with E-state index in [0.29, 0.717) is 15.6 Å². The minimum absolute atomic E-state index is 0.134. The van der Waals surface area contributed by atoms with Crippen LogP contribution in [0.3, 0.4) is 0 Å². The molecule has 1 amide bonds. The molecule has 0 spiro atoms. The first kappa shape index (κ1) is 19.7. The normalized spacial score (nSPS) is 18.1. The van der Waals surface area contributed by atoms with Crippen molar-refractivity contribution in [3.8, 4) is 0 Å². The van der Waals surface area contributed by atoms with Crippen LogP contribution in [-0.4, -0.2) is 45.3 Å². The van der Waals surface area contributed by atoms with Gasteiger partial charge in [0.2, 0.25) is 5.17 Å². The van der Waals surface area contributed by atoms with E-state index in [1.165, 1.54) is 0 Å². The summed E-state index contributed by atoms with van der Waals surface area (Å²) in [5.41, 5.74) is 2.31. The molecule has 0 fully saturated rings. The lowest BCUT2D eigenvalue weighted by Gasteiger charge is -2.25. The third-order valence-electron chi connectivity index (χ3n) is 4.17. The van der Waals surface area contributed by atoms with E-state index in [1.54, 1.807) is 22.7 Å². The standard InChI is InChI=1S/C19H23N5OS2/c1-5-23(6-2)14-9-7-13(8-10-14)11-15-16(20)24-18(21-17(15)25)27-22-19(24)26-12(3)4/h7-12,20H,5-6H2,1-4H3/b15-11-,20-16?. The zero-order valence-corrected chi connectivity index (χ0v) is 17.5. The van der Waals surface area contributed by atoms with E-state index in [4.69, 9.17) is 5.41 Å². The number of rotatable bonds is 5. The van der Waals surface area contributed by atoms with Crippen LogP contribution in [0, 0.1) is 5.41 Å². The SMILES string of the molecule is CCN(CC)c1ccc(/C=C2/C(=N)N3C(=NC2=O)SN=C3SC(C)C)cc1. The minimum Gasteiger partial charge on any atom is -0.372 e. The molecule has 1 aromatic carbocycles. The van der Waals surface area contributed by atoms with Gasteiger partial charge in [0.1, 0.15) is 5.84 Å². The van der Waals surface area contributed by atoms with Gasteiger partial charge in [0.15, 0.2) is 5.17 Å². The molecule has 2 aliphatic heterocycles. The molecule has 27 heavy (non-hydrogen) atoms. The molecule has 8 heteroatoms. The second-order valence-electron chi connectivity index (χ2n) is 6.34. The van der Waals surface area contributed by atoms with Crippen molar-refractivity contribution in [2.75, 3.05) is 18.0 Å². The van der Waals surface area contributed by atoms with Gasteiger partial charge in [-0.05, 0) is 37.6 Å². The largest absolute Gasteiger partial charge is 0.372 e. The van der Waals surface area contributed by atoms with Crippen LogP contribution in [0.5, 0.6) is 0 Å². The van der Waals surface area contributed by atoms with Gasteiger partial charge in [-0.3, -0.25) is 10.2 Å². The number of carbonyl (C=O) groups is 1. The maximum Gasteiger partial charge on any atom is 0.283 e. The Labute approximate surface area is 168 Å². The zero-order chi connectivity index (χ0) is 19.6. The van der Waals surface area contributed by atoms with Crippen LogP contribution in [0.4, 0.5) is 5.69 Å². The lowest BCUT2D eigenvalue weighted by atomic mass is 10.1. The summed E-state index contributed by atoms with van der Waals surface area (Å²) in [6, 6.07) is 8.02. The summed E-state index contributed by atoms with van der Waals surface area (Å²) in [4.78, 5) is 20.5. The van der Waals surface area contributed by atoms with Gasteiger partial charge in [-0.25, -0.2) is 4.90 Å². The summed E-state index contributed by atoms with van der Waals surface area (Å²) in [7, 11) is 0. The Balaban J connectivity index is 1.87. The molecule has 142 valence electrons. The molecule has 0 saturated carbocycles. The molecule has 3 rings (SSSR count). The smallest absolute Gasteiger partial charge is 0.283 e. The average Bonchev–Trinajstić information content (AvgIpc) is 3.02. The van der Waals surface area contributed by atoms with Crippen LogP contribution >= 0.6 is 23.7 Å². The number of nitrogens with zero attached hydrogens (tertiary/aromatic N) is 4. The van der Waals surface area contributed by atoms with Gasteiger partial charge in [0, 0.05) is 24.0 Å². The number of nitrogens with one attached hydrogen (secondary N) is 1. The monoisotopic (exact) mass is 401 g/mol. The van der Waals surface area contributed by atoms with Crippen molar-refractivity contribution in [1.29, 1.82) is 5.41 Å². The van der Waals surface area contributed by atoms with Crippen molar-refractivity contribution in [3.05, 3.63) is 35.4 Å². The van der Waals surface area contributed by atoms with Gasteiger partial charge in [-0.15, -0.1) is 0 Å². The second-order valence-corrected chi connectivity index (χ2v) is 8.61. The van der Waals surface area contributed by atoms with E-state index in [1.807, 2.05) is 24.3 Å². The lowest BCUT2D eigenvalue weighted by molar-refractivity contribution is -0.114. The van der Waals surface area contributed by atoms with Crippen molar-refractivity contribution in [1.82, 2.24) is 4.90 Å². The lowest BCUT2D eigenvalue weighted by Crippen LogP contribution is -2.41. The molecule has 0 atom stereocenters. The summed E-state index contributed by atoms with van der Waals surface area (Å²) < 4.78 is 4.36. The second kappa shape index (κ2) is 8.31. The number of carbonyl (C=O) groups excluding carboxylic acids is 1. The van der Waals surface area contributed by atoms with E-state index < -0.39 is 5.91 Å². The number of hydrogen-bond acceptors (Lipinski definition) is 6. The Hall–Kier alpha value is -2.06. The van der Waals surface area contributed by atoms with Gasteiger partial charge >= 0.3 is 0 Å². The molecule has 1 N–H and O–H groups in total. The van der Waals surface area contributed by atoms with Crippen LogP contribution in [-0.2, 0) is 4.79 Å². The zero-order valence-electron chi connectivity index (χ0n) is 15.9.